The molecule has 2 aromatic carbocycles. The molecule has 0 radical (unpaired) electrons. The first-order valence-corrected chi connectivity index (χ1v) is 11.0. The summed E-state index contributed by atoms with van der Waals surface area (Å²) >= 11 is 0. The smallest absolute Gasteiger partial charge is 0.342 e. The van der Waals surface area contributed by atoms with Crippen LogP contribution in [-0.2, 0) is 22.4 Å². The molecule has 1 unspecified atom stereocenters. The minimum Gasteiger partial charge on any atom is -0.342 e. The highest BCUT2D eigenvalue weighted by molar-refractivity contribution is 7.89. The van der Waals surface area contributed by atoms with Gasteiger partial charge in [-0.3, -0.25) is 0 Å². The molecule has 1 fully saturated rings. The maximum atomic E-state index is 13.2. The second-order valence-corrected chi connectivity index (χ2v) is 9.52. The van der Waals surface area contributed by atoms with Crippen molar-refractivity contribution in [1.29, 1.82) is 0 Å². The molecule has 172 valence electrons. The number of hydrogen-bond donors (Lipinski definition) is 1. The molecule has 1 atom stereocenters. The average Bonchev–Trinajstić information content (AvgIpc) is 3.16. The number of fused-ring (bicyclic) bond motifs is 1. The second kappa shape index (κ2) is 7.77. The van der Waals surface area contributed by atoms with Crippen LogP contribution in [0.15, 0.2) is 47.4 Å². The SMILES string of the molecule is O=S(=O)(c1cc(C(F)(F)F)cc(C(F)(F)F)c1)N1CCCC(c2nc3ccccc3[nH]2)C1. The third-order valence-corrected chi connectivity index (χ3v) is 7.22. The minimum atomic E-state index is -5.13. The molecule has 3 aromatic rings. The summed E-state index contributed by atoms with van der Waals surface area (Å²) in [5, 5.41) is 0. The summed E-state index contributed by atoms with van der Waals surface area (Å²) in [5.41, 5.74) is -1.92. The number of nitrogens with one attached hydrogen (secondary N) is 1. The van der Waals surface area contributed by atoms with Gasteiger partial charge in [-0.05, 0) is 43.2 Å². The lowest BCUT2D eigenvalue weighted by Crippen LogP contribution is -2.39. The molecule has 2 heterocycles. The molecular weight excluding hydrogens is 460 g/mol. The molecule has 5 nitrogen and oxygen atoms in total. The number of sulfonamides is 1. The number of imidazole rings is 1. The van der Waals surface area contributed by atoms with Gasteiger partial charge in [0.1, 0.15) is 5.82 Å². The Balaban J connectivity index is 1.69. The maximum Gasteiger partial charge on any atom is 0.416 e. The fourth-order valence-corrected chi connectivity index (χ4v) is 5.37. The van der Waals surface area contributed by atoms with Crippen molar-refractivity contribution in [3.05, 3.63) is 59.4 Å². The van der Waals surface area contributed by atoms with E-state index in [0.29, 0.717) is 24.2 Å². The summed E-state index contributed by atoms with van der Waals surface area (Å²) in [5.74, 6) is 0.143. The van der Waals surface area contributed by atoms with E-state index in [1.165, 1.54) is 0 Å². The highest BCUT2D eigenvalue weighted by Gasteiger charge is 2.40. The molecule has 0 aliphatic carbocycles. The number of benzene rings is 2. The van der Waals surface area contributed by atoms with Crippen molar-refractivity contribution in [3.63, 3.8) is 0 Å². The van der Waals surface area contributed by atoms with Crippen molar-refractivity contribution in [2.24, 2.45) is 0 Å². The molecule has 12 heteroatoms. The summed E-state index contributed by atoms with van der Waals surface area (Å²) in [6, 6.07) is 7.56. The number of piperidine rings is 1. The van der Waals surface area contributed by atoms with Crippen LogP contribution in [-0.4, -0.2) is 35.8 Å². The summed E-state index contributed by atoms with van der Waals surface area (Å²) in [4.78, 5) is 6.51. The van der Waals surface area contributed by atoms with Gasteiger partial charge < -0.3 is 4.98 Å². The molecule has 1 N–H and O–H groups in total. The number of rotatable bonds is 3. The molecule has 4 rings (SSSR count). The predicted octanol–water partition coefficient (Wildman–Crippen LogP) is 5.17. The Kier molecular flexibility index (Phi) is 5.48. The van der Waals surface area contributed by atoms with Gasteiger partial charge in [-0.2, -0.15) is 30.6 Å². The van der Waals surface area contributed by atoms with E-state index in [1.54, 1.807) is 24.3 Å². The van der Waals surface area contributed by atoms with E-state index in [-0.39, 0.29) is 37.2 Å². The van der Waals surface area contributed by atoms with Crippen molar-refractivity contribution in [2.45, 2.75) is 36.0 Å². The molecular formula is C20H17F6N3O2S. The number of halogens is 6. The van der Waals surface area contributed by atoms with Crippen LogP contribution in [0.4, 0.5) is 26.3 Å². The monoisotopic (exact) mass is 477 g/mol. The zero-order valence-electron chi connectivity index (χ0n) is 16.3. The minimum absolute atomic E-state index is 0.0172. The van der Waals surface area contributed by atoms with E-state index >= 15 is 0 Å². The molecule has 0 spiro atoms. The lowest BCUT2D eigenvalue weighted by molar-refractivity contribution is -0.143. The first-order valence-electron chi connectivity index (χ1n) is 9.60. The van der Waals surface area contributed by atoms with Gasteiger partial charge in [0.25, 0.3) is 0 Å². The van der Waals surface area contributed by atoms with Crippen LogP contribution in [0.5, 0.6) is 0 Å². The van der Waals surface area contributed by atoms with Gasteiger partial charge in [-0.1, -0.05) is 12.1 Å². The zero-order valence-corrected chi connectivity index (χ0v) is 17.2. The quantitative estimate of drug-likeness (QED) is 0.530. The van der Waals surface area contributed by atoms with Crippen molar-refractivity contribution in [1.82, 2.24) is 14.3 Å². The lowest BCUT2D eigenvalue weighted by atomic mass is 9.99. The number of hydrogen-bond acceptors (Lipinski definition) is 3. The number of para-hydroxylation sites is 2. The standard InChI is InChI=1S/C20H17F6N3O2S/c21-19(22,23)13-8-14(20(24,25)26)10-15(9-13)32(30,31)29-7-3-4-12(11-29)18-27-16-5-1-2-6-17(16)28-18/h1-2,5-6,8-10,12H,3-4,7,11H2,(H,27,28). The van der Waals surface area contributed by atoms with Crippen LogP contribution in [0.25, 0.3) is 11.0 Å². The van der Waals surface area contributed by atoms with Crippen LogP contribution < -0.4 is 0 Å². The molecule has 0 amide bonds. The molecule has 32 heavy (non-hydrogen) atoms. The number of aromatic nitrogens is 2. The van der Waals surface area contributed by atoms with Gasteiger partial charge >= 0.3 is 12.4 Å². The summed E-state index contributed by atoms with van der Waals surface area (Å²) in [7, 11) is -4.61. The fourth-order valence-electron chi connectivity index (χ4n) is 3.77. The Morgan fingerprint density at radius 3 is 2.19 bits per heavy atom. The Morgan fingerprint density at radius 2 is 1.59 bits per heavy atom. The average molecular weight is 477 g/mol. The second-order valence-electron chi connectivity index (χ2n) is 7.58. The first kappa shape index (κ1) is 22.6. The summed E-state index contributed by atoms with van der Waals surface area (Å²) in [6.45, 7) is -0.129. The maximum absolute atomic E-state index is 13.2. The van der Waals surface area contributed by atoms with Crippen molar-refractivity contribution >= 4 is 21.1 Å². The number of aromatic amines is 1. The molecule has 0 bridgehead atoms. The van der Waals surface area contributed by atoms with E-state index in [1.807, 2.05) is 0 Å². The molecule has 1 aliphatic rings. The number of H-pyrrole nitrogens is 1. The van der Waals surface area contributed by atoms with E-state index in [2.05, 4.69) is 9.97 Å². The topological polar surface area (TPSA) is 66.1 Å². The Bertz CT molecular complexity index is 1180. The van der Waals surface area contributed by atoms with E-state index in [9.17, 15) is 34.8 Å². The van der Waals surface area contributed by atoms with Crippen LogP contribution >= 0.6 is 0 Å². The van der Waals surface area contributed by atoms with Crippen LogP contribution in [0.2, 0.25) is 0 Å². The normalized spacial score (nSPS) is 18.9. The van der Waals surface area contributed by atoms with Gasteiger partial charge in [0.05, 0.1) is 27.1 Å². The largest absolute Gasteiger partial charge is 0.416 e. The highest BCUT2D eigenvalue weighted by Crippen LogP contribution is 2.38. The van der Waals surface area contributed by atoms with Gasteiger partial charge in [0.2, 0.25) is 10.0 Å². The van der Waals surface area contributed by atoms with Gasteiger partial charge in [0, 0.05) is 19.0 Å². The van der Waals surface area contributed by atoms with Gasteiger partial charge in [-0.25, -0.2) is 13.4 Å². The van der Waals surface area contributed by atoms with Crippen molar-refractivity contribution < 1.29 is 34.8 Å². The molecule has 1 aliphatic heterocycles. The van der Waals surface area contributed by atoms with Gasteiger partial charge in [0.15, 0.2) is 0 Å². The zero-order chi connectivity index (χ0) is 23.3. The summed E-state index contributed by atoms with van der Waals surface area (Å²) < 4.78 is 106. The lowest BCUT2D eigenvalue weighted by Gasteiger charge is -2.31. The van der Waals surface area contributed by atoms with Crippen molar-refractivity contribution in [2.75, 3.05) is 13.1 Å². The number of nitrogens with zero attached hydrogens (tertiary/aromatic N) is 2. The van der Waals surface area contributed by atoms with Crippen LogP contribution in [0.1, 0.15) is 35.7 Å². The summed E-state index contributed by atoms with van der Waals surface area (Å²) in [6.07, 6.45) is -9.32. The van der Waals surface area contributed by atoms with Crippen LogP contribution in [0, 0.1) is 0 Å². The highest BCUT2D eigenvalue weighted by atomic mass is 32.2. The third kappa shape index (κ3) is 4.33. The fraction of sp³-hybridized carbons (Fsp3) is 0.350. The number of alkyl halides is 6. The predicted molar refractivity (Wildman–Crippen MR) is 103 cm³/mol. The van der Waals surface area contributed by atoms with E-state index in [4.69, 9.17) is 0 Å². The Morgan fingerprint density at radius 1 is 0.969 bits per heavy atom. The van der Waals surface area contributed by atoms with Crippen LogP contribution in [0.3, 0.4) is 0 Å². The third-order valence-electron chi connectivity index (χ3n) is 5.38. The molecule has 1 saturated heterocycles. The van der Waals surface area contributed by atoms with E-state index < -0.39 is 38.4 Å². The molecule has 0 saturated carbocycles. The Labute approximate surface area is 179 Å². The first-order chi connectivity index (χ1) is 14.9. The Hall–Kier alpha value is -2.60. The van der Waals surface area contributed by atoms with Crippen molar-refractivity contribution in [3.8, 4) is 0 Å². The molecule has 1 aromatic heterocycles. The van der Waals surface area contributed by atoms with Gasteiger partial charge in [-0.15, -0.1) is 0 Å². The van der Waals surface area contributed by atoms with E-state index in [0.717, 1.165) is 9.82 Å².